The summed E-state index contributed by atoms with van der Waals surface area (Å²) in [5, 5.41) is 0.0831. The molecule has 0 aromatic rings. The van der Waals surface area contributed by atoms with Crippen molar-refractivity contribution in [1.29, 1.82) is 0 Å². The molecule has 0 heterocycles. The van der Waals surface area contributed by atoms with E-state index in [1.54, 1.807) is 0 Å². The zero-order chi connectivity index (χ0) is 10.7. The third-order valence-electron chi connectivity index (χ3n) is 3.32. The molecule has 0 fully saturated rings. The molecular formula is C10H25NOSi. The molecule has 0 spiro atoms. The standard InChI is InChI=1S/C10H25NOSi/c1-6-9(11)7-8-10(2,3)13(4,5)12/h9,12H,6-8,11H2,1-5H3/t9-/m1/s1. The lowest BCUT2D eigenvalue weighted by atomic mass is 10.0. The zero-order valence-electron chi connectivity index (χ0n) is 9.72. The minimum Gasteiger partial charge on any atom is -0.432 e. The molecule has 2 nitrogen and oxygen atoms in total. The van der Waals surface area contributed by atoms with Gasteiger partial charge in [0.1, 0.15) is 0 Å². The van der Waals surface area contributed by atoms with Crippen LogP contribution in [0.25, 0.3) is 0 Å². The van der Waals surface area contributed by atoms with E-state index in [-0.39, 0.29) is 5.04 Å². The molecule has 13 heavy (non-hydrogen) atoms. The van der Waals surface area contributed by atoms with Gasteiger partial charge in [-0.25, -0.2) is 0 Å². The van der Waals surface area contributed by atoms with Crippen LogP contribution in [0.15, 0.2) is 0 Å². The predicted octanol–water partition coefficient (Wildman–Crippen LogP) is 2.48. The van der Waals surface area contributed by atoms with Crippen LogP contribution >= 0.6 is 0 Å². The van der Waals surface area contributed by atoms with Crippen LogP contribution in [0.3, 0.4) is 0 Å². The van der Waals surface area contributed by atoms with E-state index in [2.05, 4.69) is 20.8 Å². The van der Waals surface area contributed by atoms with Crippen LogP contribution in [0.2, 0.25) is 18.1 Å². The van der Waals surface area contributed by atoms with E-state index in [4.69, 9.17) is 5.73 Å². The summed E-state index contributed by atoms with van der Waals surface area (Å²) in [4.78, 5) is 10.0. The van der Waals surface area contributed by atoms with E-state index in [0.717, 1.165) is 19.3 Å². The summed E-state index contributed by atoms with van der Waals surface area (Å²) in [5.74, 6) is 0. The summed E-state index contributed by atoms with van der Waals surface area (Å²) >= 11 is 0. The van der Waals surface area contributed by atoms with E-state index >= 15 is 0 Å². The molecule has 0 aliphatic carbocycles. The van der Waals surface area contributed by atoms with Crippen LogP contribution in [0.5, 0.6) is 0 Å². The van der Waals surface area contributed by atoms with Crippen molar-refractivity contribution >= 4 is 8.32 Å². The minimum absolute atomic E-state index is 0.0831. The van der Waals surface area contributed by atoms with Gasteiger partial charge in [-0.15, -0.1) is 0 Å². The Morgan fingerprint density at radius 1 is 1.38 bits per heavy atom. The first-order valence-corrected chi connectivity index (χ1v) is 8.13. The highest BCUT2D eigenvalue weighted by Gasteiger charge is 2.37. The topological polar surface area (TPSA) is 46.2 Å². The molecule has 0 bridgehead atoms. The Kier molecular flexibility index (Phi) is 4.62. The highest BCUT2D eigenvalue weighted by Crippen LogP contribution is 2.39. The van der Waals surface area contributed by atoms with E-state index in [0.29, 0.717) is 6.04 Å². The lowest BCUT2D eigenvalue weighted by Gasteiger charge is -2.35. The monoisotopic (exact) mass is 203 g/mol. The fraction of sp³-hybridized carbons (Fsp3) is 1.00. The molecule has 0 saturated heterocycles. The quantitative estimate of drug-likeness (QED) is 0.674. The Labute approximate surface area is 83.7 Å². The van der Waals surface area contributed by atoms with Crippen LogP contribution in [0, 0.1) is 0 Å². The maximum absolute atomic E-state index is 10.0. The molecule has 3 heteroatoms. The first-order valence-electron chi connectivity index (χ1n) is 5.18. The largest absolute Gasteiger partial charge is 0.432 e. The molecule has 0 amide bonds. The fourth-order valence-corrected chi connectivity index (χ4v) is 1.81. The van der Waals surface area contributed by atoms with Gasteiger partial charge in [-0.1, -0.05) is 20.8 Å². The number of hydrogen-bond acceptors (Lipinski definition) is 2. The zero-order valence-corrected chi connectivity index (χ0v) is 10.7. The fourth-order valence-electron chi connectivity index (χ4n) is 1.06. The average molecular weight is 203 g/mol. The Bertz CT molecular complexity index is 151. The molecular weight excluding hydrogens is 178 g/mol. The SMILES string of the molecule is CC[C@@H](N)CCC(C)(C)[Si](C)(C)O. The van der Waals surface area contributed by atoms with Crippen molar-refractivity contribution in [3.63, 3.8) is 0 Å². The Hall–Kier alpha value is 0.137. The summed E-state index contributed by atoms with van der Waals surface area (Å²) in [6, 6.07) is 0.302. The number of hydrogen-bond donors (Lipinski definition) is 2. The Balaban J connectivity index is 4.04. The third-order valence-corrected chi connectivity index (χ3v) is 6.88. The summed E-state index contributed by atoms with van der Waals surface area (Å²) in [5.41, 5.74) is 5.86. The van der Waals surface area contributed by atoms with E-state index in [1.165, 1.54) is 0 Å². The van der Waals surface area contributed by atoms with Gasteiger partial charge in [0.05, 0.1) is 0 Å². The van der Waals surface area contributed by atoms with Crippen molar-refractivity contribution in [2.24, 2.45) is 5.73 Å². The van der Waals surface area contributed by atoms with Crippen molar-refractivity contribution in [2.45, 2.75) is 64.2 Å². The first-order chi connectivity index (χ1) is 5.70. The van der Waals surface area contributed by atoms with Gasteiger partial charge in [0.15, 0.2) is 8.32 Å². The van der Waals surface area contributed by atoms with Crippen LogP contribution in [0.1, 0.15) is 40.0 Å². The molecule has 0 rings (SSSR count). The normalized spacial score (nSPS) is 15.9. The van der Waals surface area contributed by atoms with Crippen LogP contribution in [0.4, 0.5) is 0 Å². The molecule has 0 aromatic carbocycles. The smallest absolute Gasteiger partial charge is 0.188 e. The second-order valence-corrected chi connectivity index (χ2v) is 9.62. The van der Waals surface area contributed by atoms with Gasteiger partial charge in [0, 0.05) is 6.04 Å². The van der Waals surface area contributed by atoms with Crippen molar-refractivity contribution in [2.75, 3.05) is 0 Å². The van der Waals surface area contributed by atoms with Crippen molar-refractivity contribution in [1.82, 2.24) is 0 Å². The molecule has 0 saturated carbocycles. The molecule has 0 aliphatic rings. The van der Waals surface area contributed by atoms with Gasteiger partial charge < -0.3 is 10.5 Å². The van der Waals surface area contributed by atoms with Gasteiger partial charge in [0.2, 0.25) is 0 Å². The molecule has 80 valence electrons. The summed E-state index contributed by atoms with van der Waals surface area (Å²) in [7, 11) is -2.02. The van der Waals surface area contributed by atoms with Gasteiger partial charge in [0.25, 0.3) is 0 Å². The van der Waals surface area contributed by atoms with E-state index in [9.17, 15) is 4.80 Å². The van der Waals surface area contributed by atoms with Gasteiger partial charge in [-0.2, -0.15) is 0 Å². The van der Waals surface area contributed by atoms with Crippen molar-refractivity contribution < 1.29 is 4.80 Å². The van der Waals surface area contributed by atoms with Crippen molar-refractivity contribution in [3.05, 3.63) is 0 Å². The maximum atomic E-state index is 10.0. The second-order valence-electron chi connectivity index (χ2n) is 5.15. The Morgan fingerprint density at radius 3 is 2.15 bits per heavy atom. The van der Waals surface area contributed by atoms with Gasteiger partial charge in [-0.3, -0.25) is 0 Å². The summed E-state index contributed by atoms with van der Waals surface area (Å²) < 4.78 is 0. The molecule has 0 aromatic heterocycles. The summed E-state index contributed by atoms with van der Waals surface area (Å²) in [6.07, 6.45) is 3.10. The van der Waals surface area contributed by atoms with Crippen LogP contribution in [-0.2, 0) is 0 Å². The van der Waals surface area contributed by atoms with Gasteiger partial charge in [-0.05, 0) is 37.4 Å². The van der Waals surface area contributed by atoms with Crippen LogP contribution in [-0.4, -0.2) is 19.2 Å². The maximum Gasteiger partial charge on any atom is 0.188 e. The highest BCUT2D eigenvalue weighted by molar-refractivity contribution is 6.72. The second kappa shape index (κ2) is 4.58. The summed E-state index contributed by atoms with van der Waals surface area (Å²) in [6.45, 7) is 10.4. The lowest BCUT2D eigenvalue weighted by Crippen LogP contribution is -2.39. The predicted molar refractivity (Wildman–Crippen MR) is 61.2 cm³/mol. The third kappa shape index (κ3) is 4.25. The van der Waals surface area contributed by atoms with Gasteiger partial charge >= 0.3 is 0 Å². The van der Waals surface area contributed by atoms with E-state index < -0.39 is 8.32 Å². The number of nitrogens with two attached hydrogens (primary N) is 1. The number of rotatable bonds is 5. The molecule has 0 radical (unpaired) electrons. The average Bonchev–Trinajstić information content (AvgIpc) is 1.98. The molecule has 3 N–H and O–H groups in total. The lowest BCUT2D eigenvalue weighted by molar-refractivity contribution is 0.423. The highest BCUT2D eigenvalue weighted by atomic mass is 28.4. The molecule has 0 unspecified atom stereocenters. The Morgan fingerprint density at radius 2 is 1.85 bits per heavy atom. The molecule has 0 aliphatic heterocycles. The minimum atomic E-state index is -2.02. The van der Waals surface area contributed by atoms with E-state index in [1.807, 2.05) is 13.1 Å². The first kappa shape index (κ1) is 13.1. The molecule has 1 atom stereocenters. The van der Waals surface area contributed by atoms with Crippen LogP contribution < -0.4 is 5.73 Å². The van der Waals surface area contributed by atoms with Crippen molar-refractivity contribution in [3.8, 4) is 0 Å².